The summed E-state index contributed by atoms with van der Waals surface area (Å²) in [5.41, 5.74) is -0.0740. The Morgan fingerprint density at radius 3 is 2.38 bits per heavy atom. The first-order chi connectivity index (χ1) is 9.95. The lowest BCUT2D eigenvalue weighted by molar-refractivity contribution is -0.139. The van der Waals surface area contributed by atoms with Gasteiger partial charge < -0.3 is 5.32 Å². The molecule has 5 heteroatoms. The van der Waals surface area contributed by atoms with E-state index in [1.54, 1.807) is 12.1 Å². The van der Waals surface area contributed by atoms with E-state index in [2.05, 4.69) is 10.2 Å². The van der Waals surface area contributed by atoms with Gasteiger partial charge in [-0.1, -0.05) is 38.5 Å². The largest absolute Gasteiger partial charge is 0.416 e. The Bertz CT molecular complexity index is 453. The molecule has 0 aliphatic carbocycles. The van der Waals surface area contributed by atoms with E-state index in [4.69, 9.17) is 0 Å². The van der Waals surface area contributed by atoms with Crippen LogP contribution in [-0.4, -0.2) is 31.1 Å². The number of benzene rings is 1. The zero-order valence-corrected chi connectivity index (χ0v) is 12.6. The van der Waals surface area contributed by atoms with Crippen LogP contribution in [0.25, 0.3) is 0 Å². The number of nitrogens with zero attached hydrogens (tertiary/aromatic N) is 1. The molecular weight excluding hydrogens is 277 g/mol. The van der Waals surface area contributed by atoms with E-state index in [9.17, 15) is 13.2 Å². The van der Waals surface area contributed by atoms with Crippen LogP contribution in [0.5, 0.6) is 0 Å². The number of halogens is 3. The van der Waals surface area contributed by atoms with E-state index in [1.165, 1.54) is 12.1 Å². The zero-order valence-electron chi connectivity index (χ0n) is 12.6. The van der Waals surface area contributed by atoms with Crippen molar-refractivity contribution in [3.63, 3.8) is 0 Å². The standard InChI is InChI=1S/C16H23F3N2/c1-3-12(2)15(21-10-8-20-9-11-21)13-6-4-5-7-14(13)16(17,18)19/h4-7,12,15,20H,3,8-11H2,1-2H3/t12?,15-/m0/s1. The van der Waals surface area contributed by atoms with Crippen LogP contribution in [0.4, 0.5) is 13.2 Å². The van der Waals surface area contributed by atoms with Crippen molar-refractivity contribution in [2.24, 2.45) is 5.92 Å². The Labute approximate surface area is 124 Å². The third kappa shape index (κ3) is 3.77. The van der Waals surface area contributed by atoms with Crippen LogP contribution < -0.4 is 5.32 Å². The van der Waals surface area contributed by atoms with E-state index < -0.39 is 11.7 Å². The average Bonchev–Trinajstić information content (AvgIpc) is 2.48. The second-order valence-electron chi connectivity index (χ2n) is 5.70. The van der Waals surface area contributed by atoms with Crippen molar-refractivity contribution >= 4 is 0 Å². The Kier molecular flexibility index (Phi) is 5.27. The number of nitrogens with one attached hydrogen (secondary N) is 1. The molecule has 0 amide bonds. The predicted molar refractivity (Wildman–Crippen MR) is 78.1 cm³/mol. The van der Waals surface area contributed by atoms with Crippen molar-refractivity contribution in [1.29, 1.82) is 0 Å². The zero-order chi connectivity index (χ0) is 15.5. The van der Waals surface area contributed by atoms with Crippen LogP contribution in [0.2, 0.25) is 0 Å². The molecule has 1 aromatic carbocycles. The van der Waals surface area contributed by atoms with Crippen LogP contribution in [0.15, 0.2) is 24.3 Å². The molecule has 1 aromatic rings. The molecule has 118 valence electrons. The smallest absolute Gasteiger partial charge is 0.314 e. The van der Waals surface area contributed by atoms with E-state index in [1.807, 2.05) is 13.8 Å². The van der Waals surface area contributed by atoms with Gasteiger partial charge in [0.2, 0.25) is 0 Å². The van der Waals surface area contributed by atoms with Gasteiger partial charge in [-0.15, -0.1) is 0 Å². The first-order valence-electron chi connectivity index (χ1n) is 7.56. The highest BCUT2D eigenvalue weighted by Crippen LogP contribution is 2.39. The molecule has 2 nitrogen and oxygen atoms in total. The molecule has 0 spiro atoms. The number of piperazine rings is 1. The van der Waals surface area contributed by atoms with Crippen LogP contribution >= 0.6 is 0 Å². The second-order valence-corrected chi connectivity index (χ2v) is 5.70. The van der Waals surface area contributed by atoms with Gasteiger partial charge in [0.15, 0.2) is 0 Å². The molecule has 1 N–H and O–H groups in total. The van der Waals surface area contributed by atoms with Gasteiger partial charge in [-0.2, -0.15) is 13.2 Å². The minimum atomic E-state index is -4.30. The fraction of sp³-hybridized carbons (Fsp3) is 0.625. The number of rotatable bonds is 4. The summed E-state index contributed by atoms with van der Waals surface area (Å²) >= 11 is 0. The first kappa shape index (κ1) is 16.3. The van der Waals surface area contributed by atoms with Gasteiger partial charge >= 0.3 is 6.18 Å². The summed E-state index contributed by atoms with van der Waals surface area (Å²) < 4.78 is 39.9. The van der Waals surface area contributed by atoms with Gasteiger partial charge in [-0.3, -0.25) is 4.90 Å². The molecule has 0 saturated carbocycles. The molecule has 1 aliphatic heterocycles. The summed E-state index contributed by atoms with van der Waals surface area (Å²) in [4.78, 5) is 2.19. The van der Waals surface area contributed by atoms with Crippen molar-refractivity contribution in [1.82, 2.24) is 10.2 Å². The predicted octanol–water partition coefficient (Wildman–Crippen LogP) is 3.70. The Morgan fingerprint density at radius 1 is 1.19 bits per heavy atom. The maximum absolute atomic E-state index is 13.3. The third-order valence-corrected chi connectivity index (χ3v) is 4.31. The highest BCUT2D eigenvalue weighted by Gasteiger charge is 2.37. The van der Waals surface area contributed by atoms with E-state index in [0.29, 0.717) is 5.56 Å². The van der Waals surface area contributed by atoms with E-state index >= 15 is 0 Å². The van der Waals surface area contributed by atoms with Gasteiger partial charge in [0, 0.05) is 32.2 Å². The van der Waals surface area contributed by atoms with Gasteiger partial charge in [-0.25, -0.2) is 0 Å². The lowest BCUT2D eigenvalue weighted by Gasteiger charge is -2.39. The molecule has 21 heavy (non-hydrogen) atoms. The third-order valence-electron chi connectivity index (χ3n) is 4.31. The Balaban J connectivity index is 2.41. The lowest BCUT2D eigenvalue weighted by Crippen LogP contribution is -2.47. The normalized spacial score (nSPS) is 20.2. The average molecular weight is 300 g/mol. The van der Waals surface area contributed by atoms with Gasteiger partial charge in [-0.05, 0) is 17.5 Å². The van der Waals surface area contributed by atoms with Gasteiger partial charge in [0.05, 0.1) is 5.56 Å². The Morgan fingerprint density at radius 2 is 1.81 bits per heavy atom. The monoisotopic (exact) mass is 300 g/mol. The van der Waals surface area contributed by atoms with Crippen molar-refractivity contribution in [2.45, 2.75) is 32.5 Å². The van der Waals surface area contributed by atoms with E-state index in [-0.39, 0.29) is 12.0 Å². The minimum absolute atomic E-state index is 0.171. The maximum atomic E-state index is 13.3. The summed E-state index contributed by atoms with van der Waals surface area (Å²) in [6.07, 6.45) is -3.43. The summed E-state index contributed by atoms with van der Waals surface area (Å²) in [7, 11) is 0. The van der Waals surface area contributed by atoms with Crippen LogP contribution in [0.3, 0.4) is 0 Å². The topological polar surface area (TPSA) is 15.3 Å². The van der Waals surface area contributed by atoms with Crippen molar-refractivity contribution in [3.05, 3.63) is 35.4 Å². The lowest BCUT2D eigenvalue weighted by atomic mass is 9.87. The number of hydrogen-bond acceptors (Lipinski definition) is 2. The van der Waals surface area contributed by atoms with Crippen LogP contribution in [0, 0.1) is 5.92 Å². The molecule has 1 fully saturated rings. The summed E-state index contributed by atoms with van der Waals surface area (Å²) in [5, 5.41) is 3.26. The molecule has 2 atom stereocenters. The molecule has 0 radical (unpaired) electrons. The molecule has 2 rings (SSSR count). The molecular formula is C16H23F3N2. The summed E-state index contributed by atoms with van der Waals surface area (Å²) in [6, 6.07) is 5.85. The molecule has 1 aliphatic rings. The molecule has 0 aromatic heterocycles. The van der Waals surface area contributed by atoms with Crippen molar-refractivity contribution in [3.8, 4) is 0 Å². The van der Waals surface area contributed by atoms with Crippen molar-refractivity contribution < 1.29 is 13.2 Å². The Hall–Kier alpha value is -1.07. The quantitative estimate of drug-likeness (QED) is 0.912. The SMILES string of the molecule is CCC(C)[C@@H](c1ccccc1C(F)(F)F)N1CCNCC1. The highest BCUT2D eigenvalue weighted by atomic mass is 19.4. The molecule has 1 heterocycles. The number of alkyl halides is 3. The van der Waals surface area contributed by atoms with E-state index in [0.717, 1.165) is 32.6 Å². The number of hydrogen-bond donors (Lipinski definition) is 1. The first-order valence-corrected chi connectivity index (χ1v) is 7.56. The fourth-order valence-corrected chi connectivity index (χ4v) is 3.06. The minimum Gasteiger partial charge on any atom is -0.314 e. The fourth-order valence-electron chi connectivity index (χ4n) is 3.06. The second kappa shape index (κ2) is 6.79. The summed E-state index contributed by atoms with van der Waals surface area (Å²) in [6.45, 7) is 7.33. The van der Waals surface area contributed by atoms with Crippen molar-refractivity contribution in [2.75, 3.05) is 26.2 Å². The van der Waals surface area contributed by atoms with Crippen LogP contribution in [0.1, 0.15) is 37.4 Å². The summed E-state index contributed by atoms with van der Waals surface area (Å²) in [5.74, 6) is 0.187. The molecule has 1 saturated heterocycles. The molecule has 1 unspecified atom stereocenters. The van der Waals surface area contributed by atoms with Gasteiger partial charge in [0.25, 0.3) is 0 Å². The van der Waals surface area contributed by atoms with Crippen LogP contribution in [-0.2, 0) is 6.18 Å². The molecule has 0 bridgehead atoms. The highest BCUT2D eigenvalue weighted by molar-refractivity contribution is 5.33. The van der Waals surface area contributed by atoms with Gasteiger partial charge in [0.1, 0.15) is 0 Å². The maximum Gasteiger partial charge on any atom is 0.416 e.